The predicted molar refractivity (Wildman–Crippen MR) is 98.1 cm³/mol. The van der Waals surface area contributed by atoms with Crippen LogP contribution in [0.25, 0.3) is 0 Å². The van der Waals surface area contributed by atoms with Crippen LogP contribution in [0.4, 0.5) is 4.39 Å². The zero-order valence-electron chi connectivity index (χ0n) is 14.9. The molecule has 1 aromatic heterocycles. The van der Waals surface area contributed by atoms with E-state index in [1.807, 2.05) is 29.2 Å². The van der Waals surface area contributed by atoms with Crippen LogP contribution in [-0.2, 0) is 6.54 Å². The molecule has 2 saturated heterocycles. The van der Waals surface area contributed by atoms with E-state index in [4.69, 9.17) is 0 Å². The lowest BCUT2D eigenvalue weighted by atomic mass is 9.79. The fraction of sp³-hybridized carbons (Fsp3) is 0.429. The summed E-state index contributed by atoms with van der Waals surface area (Å²) in [7, 11) is 0. The van der Waals surface area contributed by atoms with Gasteiger partial charge in [-0.2, -0.15) is 0 Å². The molecule has 1 atom stereocenters. The number of benzene rings is 1. The predicted octanol–water partition coefficient (Wildman–Crippen LogP) is 3.35. The van der Waals surface area contributed by atoms with E-state index in [1.54, 1.807) is 12.4 Å². The van der Waals surface area contributed by atoms with Gasteiger partial charge in [0.2, 0.25) is 0 Å². The van der Waals surface area contributed by atoms with Crippen molar-refractivity contribution in [1.29, 1.82) is 0 Å². The van der Waals surface area contributed by atoms with E-state index in [9.17, 15) is 9.18 Å². The van der Waals surface area contributed by atoms with Gasteiger partial charge < -0.3 is 4.90 Å². The van der Waals surface area contributed by atoms with Gasteiger partial charge in [-0.15, -0.1) is 0 Å². The van der Waals surface area contributed by atoms with Gasteiger partial charge in [0, 0.05) is 44.0 Å². The summed E-state index contributed by atoms with van der Waals surface area (Å²) in [4.78, 5) is 21.3. The number of halogens is 1. The monoisotopic (exact) mass is 353 g/mol. The van der Waals surface area contributed by atoms with E-state index in [2.05, 4.69) is 9.88 Å². The number of carbonyl (C=O) groups is 1. The molecule has 0 saturated carbocycles. The number of amides is 1. The van der Waals surface area contributed by atoms with Crippen molar-refractivity contribution in [2.75, 3.05) is 26.2 Å². The topological polar surface area (TPSA) is 36.4 Å². The molecule has 3 heterocycles. The van der Waals surface area contributed by atoms with Crippen molar-refractivity contribution in [2.24, 2.45) is 5.41 Å². The van der Waals surface area contributed by atoms with E-state index in [0.717, 1.165) is 51.1 Å². The molecule has 1 aromatic carbocycles. The van der Waals surface area contributed by atoms with Gasteiger partial charge in [0.25, 0.3) is 5.91 Å². The normalized spacial score (nSPS) is 23.5. The van der Waals surface area contributed by atoms with E-state index >= 15 is 0 Å². The summed E-state index contributed by atoms with van der Waals surface area (Å²) in [5, 5.41) is 0. The number of pyridine rings is 1. The van der Waals surface area contributed by atoms with Crippen molar-refractivity contribution in [1.82, 2.24) is 14.8 Å². The van der Waals surface area contributed by atoms with Gasteiger partial charge in [-0.3, -0.25) is 14.7 Å². The summed E-state index contributed by atoms with van der Waals surface area (Å²) < 4.78 is 13.1. The number of carbonyl (C=O) groups excluding carboxylic acids is 1. The van der Waals surface area contributed by atoms with Crippen LogP contribution in [-0.4, -0.2) is 46.9 Å². The summed E-state index contributed by atoms with van der Waals surface area (Å²) in [5.74, 6) is -0.0994. The highest BCUT2D eigenvalue weighted by Gasteiger charge is 2.42. The number of rotatable bonds is 3. The molecule has 5 heteroatoms. The molecule has 0 aliphatic carbocycles. The molecule has 0 radical (unpaired) electrons. The van der Waals surface area contributed by atoms with Gasteiger partial charge >= 0.3 is 0 Å². The number of nitrogens with zero attached hydrogens (tertiary/aromatic N) is 3. The van der Waals surface area contributed by atoms with Gasteiger partial charge in [0.15, 0.2) is 0 Å². The van der Waals surface area contributed by atoms with Crippen molar-refractivity contribution in [3.63, 3.8) is 0 Å². The number of likely N-dealkylation sites (tertiary alicyclic amines) is 2. The van der Waals surface area contributed by atoms with Crippen LogP contribution in [0.5, 0.6) is 0 Å². The Labute approximate surface area is 153 Å². The quantitative estimate of drug-likeness (QED) is 0.849. The van der Waals surface area contributed by atoms with E-state index in [-0.39, 0.29) is 17.1 Å². The lowest BCUT2D eigenvalue weighted by Crippen LogP contribution is -2.47. The van der Waals surface area contributed by atoms with Crippen LogP contribution < -0.4 is 0 Å². The Hall–Kier alpha value is -2.27. The maximum atomic E-state index is 13.1. The Bertz CT molecular complexity index is 765. The van der Waals surface area contributed by atoms with Crippen LogP contribution in [0, 0.1) is 11.2 Å². The van der Waals surface area contributed by atoms with Gasteiger partial charge in [-0.25, -0.2) is 4.39 Å². The smallest absolute Gasteiger partial charge is 0.255 e. The van der Waals surface area contributed by atoms with Crippen LogP contribution in [0.1, 0.15) is 35.2 Å². The van der Waals surface area contributed by atoms with Gasteiger partial charge in [0.1, 0.15) is 5.82 Å². The van der Waals surface area contributed by atoms with E-state index < -0.39 is 0 Å². The second kappa shape index (κ2) is 7.16. The fourth-order valence-corrected chi connectivity index (χ4v) is 4.40. The Morgan fingerprint density at radius 3 is 2.73 bits per heavy atom. The first kappa shape index (κ1) is 17.2. The van der Waals surface area contributed by atoms with Crippen molar-refractivity contribution >= 4 is 5.91 Å². The maximum absolute atomic E-state index is 13.1. The number of hydrogen-bond acceptors (Lipinski definition) is 3. The fourth-order valence-electron chi connectivity index (χ4n) is 4.40. The van der Waals surface area contributed by atoms with Gasteiger partial charge in [0.05, 0.1) is 5.56 Å². The first-order chi connectivity index (χ1) is 12.6. The van der Waals surface area contributed by atoms with E-state index in [0.29, 0.717) is 5.56 Å². The molecular weight excluding hydrogens is 329 g/mol. The highest BCUT2D eigenvalue weighted by Crippen LogP contribution is 2.39. The molecule has 2 fully saturated rings. The third-order valence-electron chi connectivity index (χ3n) is 5.69. The standard InChI is InChI=1S/C21H24FN3O/c22-19-6-4-17(5-7-19)14-24-12-9-21(15-24)8-2-11-25(16-21)20(26)18-3-1-10-23-13-18/h1,3-7,10,13H,2,8-9,11-12,14-16H2/t21-/m1/s1. The minimum Gasteiger partial charge on any atom is -0.338 e. The van der Waals surface area contributed by atoms with E-state index in [1.165, 1.54) is 18.6 Å². The third kappa shape index (κ3) is 3.63. The average Bonchev–Trinajstić information content (AvgIpc) is 3.05. The molecule has 2 aliphatic heterocycles. The number of hydrogen-bond donors (Lipinski definition) is 0. The summed E-state index contributed by atoms with van der Waals surface area (Å²) in [6, 6.07) is 10.4. The molecule has 0 unspecified atom stereocenters. The van der Waals surface area contributed by atoms with Crippen molar-refractivity contribution in [3.8, 4) is 0 Å². The third-order valence-corrected chi connectivity index (χ3v) is 5.69. The molecule has 1 amide bonds. The minimum absolute atomic E-state index is 0.0918. The summed E-state index contributed by atoms with van der Waals surface area (Å²) in [5.41, 5.74) is 2.00. The molecule has 136 valence electrons. The van der Waals surface area contributed by atoms with Crippen molar-refractivity contribution < 1.29 is 9.18 Å². The molecule has 0 N–H and O–H groups in total. The second-order valence-corrected chi connectivity index (χ2v) is 7.66. The molecular formula is C21H24FN3O. The molecule has 26 heavy (non-hydrogen) atoms. The number of piperidine rings is 1. The average molecular weight is 353 g/mol. The molecule has 2 aliphatic rings. The maximum Gasteiger partial charge on any atom is 0.255 e. The van der Waals surface area contributed by atoms with Crippen LogP contribution in [0.2, 0.25) is 0 Å². The Morgan fingerprint density at radius 2 is 1.96 bits per heavy atom. The van der Waals surface area contributed by atoms with Crippen molar-refractivity contribution in [3.05, 3.63) is 65.7 Å². The molecule has 4 rings (SSSR count). The minimum atomic E-state index is -0.191. The largest absolute Gasteiger partial charge is 0.338 e. The summed E-state index contributed by atoms with van der Waals surface area (Å²) in [6.07, 6.45) is 6.68. The number of aromatic nitrogens is 1. The van der Waals surface area contributed by atoms with Crippen LogP contribution in [0.3, 0.4) is 0 Å². The Kier molecular flexibility index (Phi) is 4.72. The second-order valence-electron chi connectivity index (χ2n) is 7.66. The summed E-state index contributed by atoms with van der Waals surface area (Å²) in [6.45, 7) is 4.53. The molecule has 0 bridgehead atoms. The Morgan fingerprint density at radius 1 is 1.12 bits per heavy atom. The zero-order chi connectivity index (χ0) is 18.0. The highest BCUT2D eigenvalue weighted by molar-refractivity contribution is 5.94. The summed E-state index contributed by atoms with van der Waals surface area (Å²) >= 11 is 0. The lowest BCUT2D eigenvalue weighted by Gasteiger charge is -2.40. The SMILES string of the molecule is O=C(c1cccnc1)N1CCC[C@]2(CCN(Cc3ccc(F)cc3)C2)C1. The lowest BCUT2D eigenvalue weighted by molar-refractivity contribution is 0.0526. The molecule has 1 spiro atoms. The van der Waals surface area contributed by atoms with Crippen molar-refractivity contribution in [2.45, 2.75) is 25.8 Å². The first-order valence-electron chi connectivity index (χ1n) is 9.30. The Balaban J connectivity index is 1.41. The van der Waals surface area contributed by atoms with Gasteiger partial charge in [-0.05, 0) is 55.6 Å². The van der Waals surface area contributed by atoms with Crippen LogP contribution >= 0.6 is 0 Å². The van der Waals surface area contributed by atoms with Gasteiger partial charge in [-0.1, -0.05) is 12.1 Å². The molecule has 2 aromatic rings. The first-order valence-corrected chi connectivity index (χ1v) is 9.30. The van der Waals surface area contributed by atoms with Crippen LogP contribution in [0.15, 0.2) is 48.8 Å². The zero-order valence-corrected chi connectivity index (χ0v) is 14.9. The highest BCUT2D eigenvalue weighted by atomic mass is 19.1. The molecule has 4 nitrogen and oxygen atoms in total.